The maximum Gasteiger partial charge on any atom is 0.323 e. The normalized spacial score (nSPS) is 14.9. The minimum absolute atomic E-state index is 0.729. The van der Waals surface area contributed by atoms with Gasteiger partial charge in [-0.25, -0.2) is 8.78 Å². The zero-order valence-electron chi connectivity index (χ0n) is 9.22. The van der Waals surface area contributed by atoms with Crippen LogP contribution in [-0.4, -0.2) is 30.1 Å². The van der Waals surface area contributed by atoms with E-state index in [4.69, 9.17) is 16.2 Å². The Morgan fingerprint density at radius 3 is 2.20 bits per heavy atom. The van der Waals surface area contributed by atoms with E-state index in [-0.39, 0.29) is 0 Å². The van der Waals surface area contributed by atoms with E-state index in [0.717, 1.165) is 0 Å². The van der Waals surface area contributed by atoms with E-state index in [9.17, 15) is 13.6 Å². The molecule has 1 atom stereocenters. The van der Waals surface area contributed by atoms with Gasteiger partial charge in [0.2, 0.25) is 0 Å². The van der Waals surface area contributed by atoms with Gasteiger partial charge in [0.05, 0.1) is 6.54 Å². The standard InChI is InChI=1S/C9H18F2N2O2/c1-8(2,3)15-7(14)6(13)4-9(10,11)5-12/h6H,4-5,12-13H2,1-3H3. The van der Waals surface area contributed by atoms with Crippen molar-refractivity contribution in [2.24, 2.45) is 11.5 Å². The van der Waals surface area contributed by atoms with Crippen molar-refractivity contribution < 1.29 is 18.3 Å². The average Bonchev–Trinajstić information content (AvgIpc) is 2.00. The second kappa shape index (κ2) is 4.85. The third kappa shape index (κ3) is 6.35. The molecular formula is C9H18F2N2O2. The van der Waals surface area contributed by atoms with Crippen molar-refractivity contribution >= 4 is 5.97 Å². The van der Waals surface area contributed by atoms with Gasteiger partial charge in [-0.2, -0.15) is 0 Å². The van der Waals surface area contributed by atoms with E-state index in [1.54, 1.807) is 20.8 Å². The molecule has 0 aromatic rings. The quantitative estimate of drug-likeness (QED) is 0.687. The van der Waals surface area contributed by atoms with Gasteiger partial charge in [-0.15, -0.1) is 0 Å². The molecule has 0 aromatic carbocycles. The molecular weight excluding hydrogens is 206 g/mol. The zero-order valence-corrected chi connectivity index (χ0v) is 9.22. The van der Waals surface area contributed by atoms with Gasteiger partial charge in [0.1, 0.15) is 11.6 Å². The van der Waals surface area contributed by atoms with Crippen molar-refractivity contribution in [3.8, 4) is 0 Å². The summed E-state index contributed by atoms with van der Waals surface area (Å²) in [7, 11) is 0. The van der Waals surface area contributed by atoms with Crippen molar-refractivity contribution in [2.75, 3.05) is 6.54 Å². The maximum atomic E-state index is 12.8. The van der Waals surface area contributed by atoms with Crippen LogP contribution in [0.2, 0.25) is 0 Å². The molecule has 0 heterocycles. The number of rotatable bonds is 4. The van der Waals surface area contributed by atoms with Crippen LogP contribution in [-0.2, 0) is 9.53 Å². The number of halogens is 2. The van der Waals surface area contributed by atoms with Gasteiger partial charge >= 0.3 is 5.97 Å². The van der Waals surface area contributed by atoms with Crippen LogP contribution in [0.3, 0.4) is 0 Å². The predicted molar refractivity (Wildman–Crippen MR) is 52.4 cm³/mol. The molecule has 0 radical (unpaired) electrons. The number of carbonyl (C=O) groups is 1. The molecule has 4 N–H and O–H groups in total. The summed E-state index contributed by atoms with van der Waals surface area (Å²) in [6.07, 6.45) is -0.793. The summed E-state index contributed by atoms with van der Waals surface area (Å²) in [5, 5.41) is 0. The fraction of sp³-hybridized carbons (Fsp3) is 0.889. The fourth-order valence-corrected chi connectivity index (χ4v) is 0.866. The zero-order chi connectivity index (χ0) is 12.3. The van der Waals surface area contributed by atoms with Gasteiger partial charge in [0.15, 0.2) is 0 Å². The van der Waals surface area contributed by atoms with E-state index in [2.05, 4.69) is 0 Å². The van der Waals surface area contributed by atoms with Gasteiger partial charge in [-0.3, -0.25) is 4.79 Å². The van der Waals surface area contributed by atoms with Crippen LogP contribution in [0.25, 0.3) is 0 Å². The van der Waals surface area contributed by atoms with Gasteiger partial charge in [-0.1, -0.05) is 0 Å². The molecule has 0 aliphatic carbocycles. The minimum Gasteiger partial charge on any atom is -0.459 e. The monoisotopic (exact) mass is 224 g/mol. The number of carbonyl (C=O) groups excluding carboxylic acids is 1. The van der Waals surface area contributed by atoms with Crippen LogP contribution in [0.5, 0.6) is 0 Å². The van der Waals surface area contributed by atoms with E-state index in [0.29, 0.717) is 0 Å². The Labute approximate surface area is 87.9 Å². The summed E-state index contributed by atoms with van der Waals surface area (Å²) >= 11 is 0. The van der Waals surface area contributed by atoms with E-state index in [1.165, 1.54) is 0 Å². The number of alkyl halides is 2. The predicted octanol–water partition coefficient (Wildman–Crippen LogP) is 0.640. The molecule has 0 spiro atoms. The van der Waals surface area contributed by atoms with Crippen LogP contribution in [0, 0.1) is 0 Å². The second-order valence-corrected chi connectivity index (χ2v) is 4.40. The molecule has 0 rings (SSSR count). The molecule has 4 nitrogen and oxygen atoms in total. The van der Waals surface area contributed by atoms with Crippen molar-refractivity contribution in [1.82, 2.24) is 0 Å². The lowest BCUT2D eigenvalue weighted by Crippen LogP contribution is -2.43. The molecule has 15 heavy (non-hydrogen) atoms. The highest BCUT2D eigenvalue weighted by molar-refractivity contribution is 5.75. The number of hydrogen-bond donors (Lipinski definition) is 2. The van der Waals surface area contributed by atoms with Gasteiger partial charge < -0.3 is 16.2 Å². The summed E-state index contributed by atoms with van der Waals surface area (Å²) in [5.41, 5.74) is 9.37. The van der Waals surface area contributed by atoms with Crippen LogP contribution in [0.4, 0.5) is 8.78 Å². The SMILES string of the molecule is CC(C)(C)OC(=O)C(N)CC(F)(F)CN. The molecule has 0 bridgehead atoms. The van der Waals surface area contributed by atoms with Crippen LogP contribution in [0.1, 0.15) is 27.2 Å². The number of hydrogen-bond acceptors (Lipinski definition) is 4. The van der Waals surface area contributed by atoms with E-state index < -0.39 is 36.5 Å². The van der Waals surface area contributed by atoms with Crippen molar-refractivity contribution in [3.05, 3.63) is 0 Å². The Morgan fingerprint density at radius 2 is 1.87 bits per heavy atom. The first-order valence-electron chi connectivity index (χ1n) is 4.64. The molecule has 90 valence electrons. The second-order valence-electron chi connectivity index (χ2n) is 4.40. The molecule has 0 amide bonds. The van der Waals surface area contributed by atoms with E-state index in [1.807, 2.05) is 0 Å². The summed E-state index contributed by atoms with van der Waals surface area (Å²) in [5.74, 6) is -3.97. The van der Waals surface area contributed by atoms with Crippen molar-refractivity contribution in [1.29, 1.82) is 0 Å². The lowest BCUT2D eigenvalue weighted by molar-refractivity contribution is -0.158. The largest absolute Gasteiger partial charge is 0.459 e. The van der Waals surface area contributed by atoms with Crippen LogP contribution in [0.15, 0.2) is 0 Å². The summed E-state index contributed by atoms with van der Waals surface area (Å²) in [6, 6.07) is -1.34. The third-order valence-corrected chi connectivity index (χ3v) is 1.53. The highest BCUT2D eigenvalue weighted by Gasteiger charge is 2.34. The number of ether oxygens (including phenoxy) is 1. The Kier molecular flexibility index (Phi) is 4.61. The molecule has 0 saturated carbocycles. The van der Waals surface area contributed by atoms with Gasteiger partial charge in [0, 0.05) is 6.42 Å². The Balaban J connectivity index is 4.23. The highest BCUT2D eigenvalue weighted by atomic mass is 19.3. The first kappa shape index (κ1) is 14.2. The maximum absolute atomic E-state index is 12.8. The minimum atomic E-state index is -3.13. The molecule has 0 saturated heterocycles. The van der Waals surface area contributed by atoms with Crippen LogP contribution >= 0.6 is 0 Å². The first-order valence-corrected chi connectivity index (χ1v) is 4.64. The van der Waals surface area contributed by atoms with Gasteiger partial charge in [-0.05, 0) is 20.8 Å². The Hall–Kier alpha value is -0.750. The summed E-state index contributed by atoms with van der Waals surface area (Å²) in [6.45, 7) is 4.08. The van der Waals surface area contributed by atoms with E-state index >= 15 is 0 Å². The summed E-state index contributed by atoms with van der Waals surface area (Å²) < 4.78 is 30.4. The van der Waals surface area contributed by atoms with Crippen LogP contribution < -0.4 is 11.5 Å². The van der Waals surface area contributed by atoms with Gasteiger partial charge in [0.25, 0.3) is 5.92 Å². The lowest BCUT2D eigenvalue weighted by Gasteiger charge is -2.24. The first-order chi connectivity index (χ1) is 6.57. The molecule has 6 heteroatoms. The molecule has 0 aliphatic rings. The summed E-state index contributed by atoms with van der Waals surface area (Å²) in [4.78, 5) is 11.2. The number of esters is 1. The van der Waals surface area contributed by atoms with Crippen molar-refractivity contribution in [3.63, 3.8) is 0 Å². The molecule has 0 aliphatic heterocycles. The topological polar surface area (TPSA) is 78.3 Å². The molecule has 0 aromatic heterocycles. The van der Waals surface area contributed by atoms with Crippen molar-refractivity contribution in [2.45, 2.75) is 44.8 Å². The smallest absolute Gasteiger partial charge is 0.323 e. The highest BCUT2D eigenvalue weighted by Crippen LogP contribution is 2.19. The average molecular weight is 224 g/mol. The lowest BCUT2D eigenvalue weighted by atomic mass is 10.1. The fourth-order valence-electron chi connectivity index (χ4n) is 0.866. The number of nitrogens with two attached hydrogens (primary N) is 2. The Bertz CT molecular complexity index is 227. The third-order valence-electron chi connectivity index (χ3n) is 1.53. The Morgan fingerprint density at radius 1 is 1.40 bits per heavy atom. The molecule has 1 unspecified atom stereocenters. The molecule has 0 fully saturated rings.